The van der Waals surface area contributed by atoms with Gasteiger partial charge in [-0.3, -0.25) is 4.79 Å². The van der Waals surface area contributed by atoms with Crippen molar-refractivity contribution in [2.24, 2.45) is 0 Å². The molecule has 0 N–H and O–H groups in total. The number of carbonyl (C=O) groups is 1. The molecule has 0 radical (unpaired) electrons. The highest BCUT2D eigenvalue weighted by atomic mass is 35.5. The maximum absolute atomic E-state index is 12.4. The van der Waals surface area contributed by atoms with Crippen LogP contribution in [0.2, 0.25) is 4.34 Å². The summed E-state index contributed by atoms with van der Waals surface area (Å²) in [7, 11) is 0. The van der Waals surface area contributed by atoms with Gasteiger partial charge in [0.1, 0.15) is 0 Å². The van der Waals surface area contributed by atoms with Crippen molar-refractivity contribution in [1.29, 1.82) is 0 Å². The van der Waals surface area contributed by atoms with Gasteiger partial charge in [0.05, 0.1) is 21.9 Å². The topological polar surface area (TPSA) is 29.5 Å². The first kappa shape index (κ1) is 14.6. The van der Waals surface area contributed by atoms with Crippen LogP contribution in [0.4, 0.5) is 0 Å². The molecule has 1 aromatic carbocycles. The van der Waals surface area contributed by atoms with E-state index in [-0.39, 0.29) is 12.0 Å². The highest BCUT2D eigenvalue weighted by Gasteiger charge is 2.25. The Morgan fingerprint density at radius 1 is 1.29 bits per heavy atom. The lowest BCUT2D eigenvalue weighted by atomic mass is 10.1. The Morgan fingerprint density at radius 2 is 2.10 bits per heavy atom. The zero-order valence-corrected chi connectivity index (χ0v) is 13.1. The van der Waals surface area contributed by atoms with Gasteiger partial charge in [-0.15, -0.1) is 11.3 Å². The van der Waals surface area contributed by atoms with E-state index in [1.165, 1.54) is 16.9 Å². The maximum Gasteiger partial charge on any atom is 0.264 e. The SMILES string of the molecule is O=C(c1ccc(Cl)s1)N1CCOC(Cc2ccccc2)C1. The van der Waals surface area contributed by atoms with Crippen LogP contribution in [-0.4, -0.2) is 36.6 Å². The molecule has 0 aliphatic carbocycles. The fraction of sp³-hybridized carbons (Fsp3) is 0.312. The molecule has 1 aliphatic rings. The number of benzene rings is 1. The van der Waals surface area contributed by atoms with E-state index in [4.69, 9.17) is 16.3 Å². The monoisotopic (exact) mass is 321 g/mol. The molecule has 1 atom stereocenters. The van der Waals surface area contributed by atoms with Crippen LogP contribution in [0.15, 0.2) is 42.5 Å². The van der Waals surface area contributed by atoms with Crippen LogP contribution in [0.25, 0.3) is 0 Å². The van der Waals surface area contributed by atoms with Crippen molar-refractivity contribution in [3.05, 3.63) is 57.2 Å². The highest BCUT2D eigenvalue weighted by molar-refractivity contribution is 7.17. The van der Waals surface area contributed by atoms with E-state index in [9.17, 15) is 4.79 Å². The maximum atomic E-state index is 12.4. The number of carbonyl (C=O) groups excluding carboxylic acids is 1. The summed E-state index contributed by atoms with van der Waals surface area (Å²) >= 11 is 7.23. The average molecular weight is 322 g/mol. The zero-order chi connectivity index (χ0) is 14.7. The molecule has 110 valence electrons. The van der Waals surface area contributed by atoms with Gasteiger partial charge in [-0.2, -0.15) is 0 Å². The van der Waals surface area contributed by atoms with Crippen molar-refractivity contribution in [2.45, 2.75) is 12.5 Å². The largest absolute Gasteiger partial charge is 0.374 e. The molecule has 2 aromatic rings. The van der Waals surface area contributed by atoms with Crippen LogP contribution in [0, 0.1) is 0 Å². The van der Waals surface area contributed by atoms with Crippen LogP contribution in [0.5, 0.6) is 0 Å². The predicted octanol–water partition coefficient (Wildman–Crippen LogP) is 3.49. The molecule has 1 aliphatic heterocycles. The number of halogens is 1. The first-order chi connectivity index (χ1) is 10.2. The number of amides is 1. The smallest absolute Gasteiger partial charge is 0.264 e. The van der Waals surface area contributed by atoms with Gasteiger partial charge in [0.25, 0.3) is 5.91 Å². The fourth-order valence-corrected chi connectivity index (χ4v) is 3.50. The quantitative estimate of drug-likeness (QED) is 0.866. The first-order valence-corrected chi connectivity index (χ1v) is 8.12. The minimum Gasteiger partial charge on any atom is -0.374 e. The lowest BCUT2D eigenvalue weighted by Gasteiger charge is -2.32. The number of nitrogens with zero attached hydrogens (tertiary/aromatic N) is 1. The zero-order valence-electron chi connectivity index (χ0n) is 11.5. The third-order valence-corrected chi connectivity index (χ3v) is 4.74. The second kappa shape index (κ2) is 6.60. The molecule has 1 saturated heterocycles. The Kier molecular flexibility index (Phi) is 4.58. The summed E-state index contributed by atoms with van der Waals surface area (Å²) in [5, 5.41) is 0. The van der Waals surface area contributed by atoms with Crippen LogP contribution in [0.3, 0.4) is 0 Å². The molecule has 1 amide bonds. The Bertz CT molecular complexity index is 614. The van der Waals surface area contributed by atoms with Crippen LogP contribution in [0.1, 0.15) is 15.2 Å². The Labute approximate surface area is 133 Å². The van der Waals surface area contributed by atoms with Crippen molar-refractivity contribution in [2.75, 3.05) is 19.7 Å². The minimum atomic E-state index is 0.0493. The van der Waals surface area contributed by atoms with E-state index in [2.05, 4.69) is 12.1 Å². The van der Waals surface area contributed by atoms with E-state index >= 15 is 0 Å². The summed E-state index contributed by atoms with van der Waals surface area (Å²) in [6, 6.07) is 13.8. The third-order valence-electron chi connectivity index (χ3n) is 3.52. The molecule has 21 heavy (non-hydrogen) atoms. The van der Waals surface area contributed by atoms with Crippen LogP contribution < -0.4 is 0 Å². The Hall–Kier alpha value is -1.36. The summed E-state index contributed by atoms with van der Waals surface area (Å²) in [5.74, 6) is 0.0493. The lowest BCUT2D eigenvalue weighted by Crippen LogP contribution is -2.46. The molecule has 3 rings (SSSR count). The number of thiophene rings is 1. The van der Waals surface area contributed by atoms with Crippen LogP contribution >= 0.6 is 22.9 Å². The van der Waals surface area contributed by atoms with Gasteiger partial charge in [-0.1, -0.05) is 41.9 Å². The predicted molar refractivity (Wildman–Crippen MR) is 85.1 cm³/mol. The number of hydrogen-bond acceptors (Lipinski definition) is 3. The molecule has 0 bridgehead atoms. The molecule has 1 unspecified atom stereocenters. The van der Waals surface area contributed by atoms with Gasteiger partial charge in [-0.25, -0.2) is 0 Å². The molecule has 0 saturated carbocycles. The van der Waals surface area contributed by atoms with E-state index in [1.54, 1.807) is 12.1 Å². The summed E-state index contributed by atoms with van der Waals surface area (Å²) in [6.07, 6.45) is 0.885. The van der Waals surface area contributed by atoms with Gasteiger partial charge in [0.2, 0.25) is 0 Å². The van der Waals surface area contributed by atoms with E-state index in [0.29, 0.717) is 28.9 Å². The standard InChI is InChI=1S/C16H16ClNO2S/c17-15-7-6-14(21-15)16(19)18-8-9-20-13(11-18)10-12-4-2-1-3-5-12/h1-7,13H,8-11H2. The molecule has 2 heterocycles. The number of hydrogen-bond donors (Lipinski definition) is 0. The molecule has 3 nitrogen and oxygen atoms in total. The summed E-state index contributed by atoms with van der Waals surface area (Å²) in [4.78, 5) is 15.0. The molecular weight excluding hydrogens is 306 g/mol. The van der Waals surface area contributed by atoms with Gasteiger partial charge in [-0.05, 0) is 17.7 Å². The molecule has 0 spiro atoms. The Balaban J connectivity index is 1.64. The van der Waals surface area contributed by atoms with E-state index < -0.39 is 0 Å². The second-order valence-corrected chi connectivity index (χ2v) is 6.75. The summed E-state index contributed by atoms with van der Waals surface area (Å²) < 4.78 is 6.43. The molecule has 1 aromatic heterocycles. The van der Waals surface area contributed by atoms with Crippen molar-refractivity contribution < 1.29 is 9.53 Å². The average Bonchev–Trinajstić information content (AvgIpc) is 2.94. The van der Waals surface area contributed by atoms with Gasteiger partial charge >= 0.3 is 0 Å². The minimum absolute atomic E-state index is 0.0493. The summed E-state index contributed by atoms with van der Waals surface area (Å²) in [5.41, 5.74) is 1.23. The van der Waals surface area contributed by atoms with Crippen molar-refractivity contribution in [3.8, 4) is 0 Å². The van der Waals surface area contributed by atoms with Gasteiger partial charge in [0, 0.05) is 19.5 Å². The van der Waals surface area contributed by atoms with Crippen molar-refractivity contribution in [1.82, 2.24) is 4.90 Å². The fourth-order valence-electron chi connectivity index (χ4n) is 2.49. The number of morpholine rings is 1. The third kappa shape index (κ3) is 3.64. The Morgan fingerprint density at radius 3 is 2.81 bits per heavy atom. The van der Waals surface area contributed by atoms with Gasteiger partial charge < -0.3 is 9.64 Å². The van der Waals surface area contributed by atoms with Crippen molar-refractivity contribution >= 4 is 28.8 Å². The normalized spacial score (nSPS) is 18.7. The number of rotatable bonds is 3. The van der Waals surface area contributed by atoms with Crippen molar-refractivity contribution in [3.63, 3.8) is 0 Å². The van der Waals surface area contributed by atoms with Gasteiger partial charge in [0.15, 0.2) is 0 Å². The second-order valence-electron chi connectivity index (χ2n) is 5.04. The molecular formula is C16H16ClNO2S. The van der Waals surface area contributed by atoms with E-state index in [0.717, 1.165) is 6.42 Å². The lowest BCUT2D eigenvalue weighted by molar-refractivity contribution is -0.0206. The van der Waals surface area contributed by atoms with Crippen LogP contribution in [-0.2, 0) is 11.2 Å². The number of ether oxygens (including phenoxy) is 1. The highest BCUT2D eigenvalue weighted by Crippen LogP contribution is 2.23. The molecule has 5 heteroatoms. The molecule has 1 fully saturated rings. The van der Waals surface area contributed by atoms with E-state index in [1.807, 2.05) is 23.1 Å². The first-order valence-electron chi connectivity index (χ1n) is 6.92. The summed E-state index contributed by atoms with van der Waals surface area (Å²) in [6.45, 7) is 1.85.